The first kappa shape index (κ1) is 10.9. The van der Waals surface area contributed by atoms with E-state index in [0.29, 0.717) is 0 Å². The van der Waals surface area contributed by atoms with Crippen LogP contribution in [-0.4, -0.2) is 32.2 Å². The van der Waals surface area contributed by atoms with Crippen LogP contribution < -0.4 is 0 Å². The molecule has 0 bridgehead atoms. The SMILES string of the molecule is O=C(O)c1nc2ccccc2c(O)c1C(=O)O. The van der Waals surface area contributed by atoms with Gasteiger partial charge in [0.2, 0.25) is 0 Å². The van der Waals surface area contributed by atoms with E-state index in [0.717, 1.165) is 0 Å². The van der Waals surface area contributed by atoms with Crippen LogP contribution in [0.2, 0.25) is 0 Å². The number of pyridine rings is 1. The fourth-order valence-electron chi connectivity index (χ4n) is 1.55. The summed E-state index contributed by atoms with van der Waals surface area (Å²) in [5.74, 6) is -3.61. The Morgan fingerprint density at radius 1 is 1.06 bits per heavy atom. The quantitative estimate of drug-likeness (QED) is 0.722. The zero-order chi connectivity index (χ0) is 12.6. The van der Waals surface area contributed by atoms with E-state index in [4.69, 9.17) is 10.2 Å². The fraction of sp³-hybridized carbons (Fsp3) is 0. The topological polar surface area (TPSA) is 108 Å². The van der Waals surface area contributed by atoms with Crippen molar-refractivity contribution in [3.05, 3.63) is 35.5 Å². The third kappa shape index (κ3) is 1.65. The number of nitrogens with zero attached hydrogens (tertiary/aromatic N) is 1. The molecule has 0 amide bonds. The highest BCUT2D eigenvalue weighted by Crippen LogP contribution is 2.29. The van der Waals surface area contributed by atoms with E-state index in [2.05, 4.69) is 4.98 Å². The maximum Gasteiger partial charge on any atom is 0.355 e. The van der Waals surface area contributed by atoms with Crippen LogP contribution in [0.15, 0.2) is 24.3 Å². The van der Waals surface area contributed by atoms with Crippen molar-refractivity contribution in [3.63, 3.8) is 0 Å². The maximum absolute atomic E-state index is 10.9. The van der Waals surface area contributed by atoms with E-state index in [-0.39, 0.29) is 10.9 Å². The van der Waals surface area contributed by atoms with Crippen molar-refractivity contribution in [2.24, 2.45) is 0 Å². The first-order valence-electron chi connectivity index (χ1n) is 4.60. The Bertz CT molecular complexity index is 635. The van der Waals surface area contributed by atoms with Crippen molar-refractivity contribution in [1.29, 1.82) is 0 Å². The van der Waals surface area contributed by atoms with E-state index < -0.39 is 28.9 Å². The average molecular weight is 233 g/mol. The minimum atomic E-state index is -1.53. The highest BCUT2D eigenvalue weighted by atomic mass is 16.4. The van der Waals surface area contributed by atoms with E-state index in [1.165, 1.54) is 12.1 Å². The van der Waals surface area contributed by atoms with Gasteiger partial charge in [-0.15, -0.1) is 0 Å². The van der Waals surface area contributed by atoms with Crippen molar-refractivity contribution < 1.29 is 24.9 Å². The summed E-state index contributed by atoms with van der Waals surface area (Å²) >= 11 is 0. The zero-order valence-corrected chi connectivity index (χ0v) is 8.41. The number of hydrogen-bond acceptors (Lipinski definition) is 4. The van der Waals surface area contributed by atoms with Crippen LogP contribution in [-0.2, 0) is 0 Å². The van der Waals surface area contributed by atoms with Crippen LogP contribution in [0.1, 0.15) is 20.8 Å². The van der Waals surface area contributed by atoms with Gasteiger partial charge >= 0.3 is 11.9 Å². The van der Waals surface area contributed by atoms with Gasteiger partial charge in [0.15, 0.2) is 5.69 Å². The van der Waals surface area contributed by atoms with Gasteiger partial charge in [0.1, 0.15) is 11.3 Å². The highest BCUT2D eigenvalue weighted by Gasteiger charge is 2.24. The summed E-state index contributed by atoms with van der Waals surface area (Å²) in [6.07, 6.45) is 0. The smallest absolute Gasteiger partial charge is 0.355 e. The summed E-state index contributed by atoms with van der Waals surface area (Å²) < 4.78 is 0. The molecule has 0 aliphatic heterocycles. The normalized spacial score (nSPS) is 10.4. The number of carbonyl (C=O) groups is 2. The summed E-state index contributed by atoms with van der Waals surface area (Å²) in [4.78, 5) is 25.5. The Morgan fingerprint density at radius 2 is 1.71 bits per heavy atom. The highest BCUT2D eigenvalue weighted by molar-refractivity contribution is 6.07. The third-order valence-electron chi connectivity index (χ3n) is 2.28. The van der Waals surface area contributed by atoms with Crippen molar-refractivity contribution in [1.82, 2.24) is 4.98 Å². The lowest BCUT2D eigenvalue weighted by molar-refractivity contribution is 0.0644. The molecule has 2 rings (SSSR count). The third-order valence-corrected chi connectivity index (χ3v) is 2.28. The van der Waals surface area contributed by atoms with Crippen molar-refractivity contribution in [2.75, 3.05) is 0 Å². The molecular formula is C11H7NO5. The number of aromatic nitrogens is 1. The number of rotatable bonds is 2. The van der Waals surface area contributed by atoms with Crippen LogP contribution in [0.3, 0.4) is 0 Å². The molecule has 1 aromatic heterocycles. The Kier molecular flexibility index (Phi) is 2.40. The predicted octanol–water partition coefficient (Wildman–Crippen LogP) is 1.34. The molecule has 0 unspecified atom stereocenters. The summed E-state index contributed by atoms with van der Waals surface area (Å²) in [6.45, 7) is 0. The zero-order valence-electron chi connectivity index (χ0n) is 8.41. The molecule has 1 aromatic carbocycles. The first-order valence-corrected chi connectivity index (χ1v) is 4.60. The molecule has 0 fully saturated rings. The van der Waals surface area contributed by atoms with Gasteiger partial charge in [-0.2, -0.15) is 0 Å². The number of hydrogen-bond donors (Lipinski definition) is 3. The molecule has 0 saturated carbocycles. The van der Waals surface area contributed by atoms with E-state index >= 15 is 0 Å². The van der Waals surface area contributed by atoms with Gasteiger partial charge in [0.25, 0.3) is 0 Å². The standard InChI is InChI=1S/C11H7NO5/c13-9-5-3-1-2-4-6(5)12-8(11(16)17)7(9)10(14)15/h1-4H,(H,12,13)(H,14,15)(H,16,17). The monoisotopic (exact) mass is 233 g/mol. The molecule has 6 heteroatoms. The summed E-state index contributed by atoms with van der Waals surface area (Å²) in [7, 11) is 0. The van der Waals surface area contributed by atoms with E-state index in [1.807, 2.05) is 0 Å². The van der Waals surface area contributed by atoms with E-state index in [1.54, 1.807) is 12.1 Å². The predicted molar refractivity (Wildman–Crippen MR) is 57.3 cm³/mol. The molecule has 0 saturated heterocycles. The van der Waals surface area contributed by atoms with Crippen molar-refractivity contribution >= 4 is 22.8 Å². The average Bonchev–Trinajstić information content (AvgIpc) is 2.28. The molecule has 3 N–H and O–H groups in total. The van der Waals surface area contributed by atoms with Crippen LogP contribution >= 0.6 is 0 Å². The lowest BCUT2D eigenvalue weighted by Gasteiger charge is -2.07. The number of aromatic hydroxyl groups is 1. The second-order valence-electron chi connectivity index (χ2n) is 3.31. The molecule has 1 heterocycles. The van der Waals surface area contributed by atoms with Gasteiger partial charge in [0.05, 0.1) is 5.52 Å². The molecular weight excluding hydrogens is 226 g/mol. The van der Waals surface area contributed by atoms with Gasteiger partial charge in [-0.05, 0) is 12.1 Å². The molecule has 86 valence electrons. The first-order chi connectivity index (χ1) is 8.02. The summed E-state index contributed by atoms with van der Waals surface area (Å²) in [5, 5.41) is 27.7. The summed E-state index contributed by atoms with van der Waals surface area (Å²) in [5.41, 5.74) is -1.14. The Hall–Kier alpha value is -2.63. The molecule has 6 nitrogen and oxygen atoms in total. The lowest BCUT2D eigenvalue weighted by atomic mass is 10.1. The Morgan fingerprint density at radius 3 is 2.29 bits per heavy atom. The van der Waals surface area contributed by atoms with Crippen molar-refractivity contribution in [2.45, 2.75) is 0 Å². The molecule has 0 radical (unpaired) electrons. The second kappa shape index (κ2) is 3.75. The Balaban J connectivity index is 2.94. The molecule has 0 aliphatic rings. The number of benzene rings is 1. The number of carboxylic acids is 2. The molecule has 17 heavy (non-hydrogen) atoms. The van der Waals surface area contributed by atoms with Crippen LogP contribution in [0.5, 0.6) is 5.75 Å². The van der Waals surface area contributed by atoms with Crippen LogP contribution in [0, 0.1) is 0 Å². The number of aromatic carboxylic acids is 2. The second-order valence-corrected chi connectivity index (χ2v) is 3.31. The number of para-hydroxylation sites is 1. The maximum atomic E-state index is 10.9. The van der Waals surface area contributed by atoms with E-state index in [9.17, 15) is 14.7 Å². The number of fused-ring (bicyclic) bond motifs is 1. The Labute approximate surface area is 94.8 Å². The molecule has 0 atom stereocenters. The minimum Gasteiger partial charge on any atom is -0.506 e. The lowest BCUT2D eigenvalue weighted by Crippen LogP contribution is -2.11. The van der Waals surface area contributed by atoms with Gasteiger partial charge in [0, 0.05) is 5.39 Å². The van der Waals surface area contributed by atoms with Gasteiger partial charge in [-0.3, -0.25) is 0 Å². The van der Waals surface area contributed by atoms with Gasteiger partial charge in [-0.25, -0.2) is 14.6 Å². The fourth-order valence-corrected chi connectivity index (χ4v) is 1.55. The molecule has 0 aliphatic carbocycles. The largest absolute Gasteiger partial charge is 0.506 e. The van der Waals surface area contributed by atoms with Crippen molar-refractivity contribution in [3.8, 4) is 5.75 Å². The minimum absolute atomic E-state index is 0.204. The summed E-state index contributed by atoms with van der Waals surface area (Å²) in [6, 6.07) is 6.17. The number of carboxylic acid groups (broad SMARTS) is 2. The van der Waals surface area contributed by atoms with Crippen LogP contribution in [0.25, 0.3) is 10.9 Å². The van der Waals surface area contributed by atoms with Crippen LogP contribution in [0.4, 0.5) is 0 Å². The molecule has 2 aromatic rings. The van der Waals surface area contributed by atoms with Gasteiger partial charge in [-0.1, -0.05) is 12.1 Å². The molecule has 0 spiro atoms. The van der Waals surface area contributed by atoms with Gasteiger partial charge < -0.3 is 15.3 Å².